The van der Waals surface area contributed by atoms with Gasteiger partial charge in [0.25, 0.3) is 5.91 Å². The summed E-state index contributed by atoms with van der Waals surface area (Å²) >= 11 is 0. The predicted molar refractivity (Wildman–Crippen MR) is 105 cm³/mol. The number of nitrogens with one attached hydrogen (secondary N) is 1. The Hall–Kier alpha value is -3.55. The van der Waals surface area contributed by atoms with Gasteiger partial charge in [-0.25, -0.2) is 4.98 Å². The van der Waals surface area contributed by atoms with Gasteiger partial charge < -0.3 is 14.8 Å². The van der Waals surface area contributed by atoms with Gasteiger partial charge in [0.2, 0.25) is 5.88 Å². The van der Waals surface area contributed by atoms with E-state index >= 15 is 0 Å². The first-order valence-electron chi connectivity index (χ1n) is 9.09. The van der Waals surface area contributed by atoms with Crippen molar-refractivity contribution in [2.75, 3.05) is 6.61 Å². The fourth-order valence-corrected chi connectivity index (χ4v) is 2.58. The highest BCUT2D eigenvalue weighted by molar-refractivity contribution is 5.94. The van der Waals surface area contributed by atoms with Crippen LogP contribution in [0.5, 0.6) is 17.4 Å². The normalized spacial score (nSPS) is 12.1. The lowest BCUT2D eigenvalue weighted by Crippen LogP contribution is -2.26. The molecule has 0 radical (unpaired) electrons. The molecule has 0 saturated carbocycles. The highest BCUT2D eigenvalue weighted by atomic mass is 19.4. The van der Waals surface area contributed by atoms with Gasteiger partial charge in [-0.2, -0.15) is 13.2 Å². The molecule has 0 aliphatic rings. The Morgan fingerprint density at radius 1 is 1.03 bits per heavy atom. The van der Waals surface area contributed by atoms with Crippen molar-refractivity contribution < 1.29 is 27.4 Å². The number of carbonyl (C=O) groups is 1. The Morgan fingerprint density at radius 3 is 2.43 bits per heavy atom. The molecule has 1 N–H and O–H groups in total. The van der Waals surface area contributed by atoms with E-state index in [0.29, 0.717) is 22.6 Å². The van der Waals surface area contributed by atoms with E-state index in [9.17, 15) is 18.0 Å². The SMILES string of the molecule is C[C@@H](NC(=O)c1cccc(Oc2ccccc2)c1)c1ccc(OCC(F)(F)F)nc1. The van der Waals surface area contributed by atoms with E-state index in [1.54, 1.807) is 37.3 Å². The summed E-state index contributed by atoms with van der Waals surface area (Å²) in [6.45, 7) is 0.336. The standard InChI is InChI=1S/C22H19F3N2O3/c1-15(17-10-11-20(26-13-17)29-14-22(23,24)25)27-21(28)16-6-5-9-19(12-16)30-18-7-3-2-4-8-18/h2-13,15H,14H2,1H3,(H,27,28)/t15-/m1/s1. The summed E-state index contributed by atoms with van der Waals surface area (Å²) in [6, 6.07) is 18.4. The monoisotopic (exact) mass is 416 g/mol. The molecule has 8 heteroatoms. The van der Waals surface area contributed by atoms with Gasteiger partial charge in [0.05, 0.1) is 6.04 Å². The molecular weight excluding hydrogens is 397 g/mol. The highest BCUT2D eigenvalue weighted by Crippen LogP contribution is 2.23. The minimum atomic E-state index is -4.43. The molecular formula is C22H19F3N2O3. The van der Waals surface area contributed by atoms with Crippen LogP contribution in [-0.4, -0.2) is 23.7 Å². The minimum Gasteiger partial charge on any atom is -0.468 e. The van der Waals surface area contributed by atoms with Gasteiger partial charge in [0, 0.05) is 17.8 Å². The summed E-state index contributed by atoms with van der Waals surface area (Å²) in [5.41, 5.74) is 1.03. The van der Waals surface area contributed by atoms with Gasteiger partial charge in [-0.1, -0.05) is 30.3 Å². The molecule has 0 aliphatic heterocycles. The average Bonchev–Trinajstić information content (AvgIpc) is 2.73. The van der Waals surface area contributed by atoms with Gasteiger partial charge in [-0.05, 0) is 42.8 Å². The number of halogens is 3. The van der Waals surface area contributed by atoms with Gasteiger partial charge in [-0.15, -0.1) is 0 Å². The van der Waals surface area contributed by atoms with Gasteiger partial charge >= 0.3 is 6.18 Å². The zero-order chi connectivity index (χ0) is 21.6. The molecule has 0 fully saturated rings. The molecule has 1 heterocycles. The lowest BCUT2D eigenvalue weighted by atomic mass is 10.1. The second kappa shape index (κ2) is 9.30. The number of hydrogen-bond acceptors (Lipinski definition) is 4. The smallest absolute Gasteiger partial charge is 0.422 e. The van der Waals surface area contributed by atoms with Gasteiger partial charge in [0.1, 0.15) is 11.5 Å². The van der Waals surface area contributed by atoms with E-state index in [0.717, 1.165) is 0 Å². The van der Waals surface area contributed by atoms with Crippen molar-refractivity contribution in [2.45, 2.75) is 19.1 Å². The summed E-state index contributed by atoms with van der Waals surface area (Å²) in [6.07, 6.45) is -3.06. The maximum absolute atomic E-state index is 12.6. The first-order chi connectivity index (χ1) is 14.3. The fourth-order valence-electron chi connectivity index (χ4n) is 2.58. The van der Waals surface area contributed by atoms with Crippen LogP contribution in [0.15, 0.2) is 72.9 Å². The molecule has 3 rings (SSSR count). The third kappa shape index (κ3) is 6.23. The van der Waals surface area contributed by atoms with E-state index in [4.69, 9.17) is 4.74 Å². The molecule has 0 spiro atoms. The molecule has 0 aliphatic carbocycles. The number of hydrogen-bond donors (Lipinski definition) is 1. The van der Waals surface area contributed by atoms with Crippen molar-refractivity contribution in [2.24, 2.45) is 0 Å². The van der Waals surface area contributed by atoms with Crippen LogP contribution >= 0.6 is 0 Å². The average molecular weight is 416 g/mol. The summed E-state index contributed by atoms with van der Waals surface area (Å²) in [5.74, 6) is 0.718. The van der Waals surface area contributed by atoms with Gasteiger partial charge in [-0.3, -0.25) is 4.79 Å². The number of ether oxygens (including phenoxy) is 2. The van der Waals surface area contributed by atoms with Crippen LogP contribution in [0.25, 0.3) is 0 Å². The Labute approximate surface area is 171 Å². The van der Waals surface area contributed by atoms with Crippen molar-refractivity contribution >= 4 is 5.91 Å². The maximum Gasteiger partial charge on any atom is 0.422 e. The molecule has 1 aromatic heterocycles. The van der Waals surface area contributed by atoms with Crippen LogP contribution in [-0.2, 0) is 0 Å². The molecule has 3 aromatic rings. The number of aromatic nitrogens is 1. The zero-order valence-corrected chi connectivity index (χ0v) is 16.0. The number of rotatable bonds is 7. The third-order valence-electron chi connectivity index (χ3n) is 4.07. The van der Waals surface area contributed by atoms with Crippen LogP contribution in [0.3, 0.4) is 0 Å². The number of para-hydroxylation sites is 1. The fraction of sp³-hybridized carbons (Fsp3) is 0.182. The molecule has 2 aromatic carbocycles. The van der Waals surface area contributed by atoms with E-state index in [1.165, 1.54) is 12.3 Å². The minimum absolute atomic E-state index is 0.139. The Bertz CT molecular complexity index is 977. The molecule has 1 atom stereocenters. The van der Waals surface area contributed by atoms with Crippen molar-refractivity contribution in [1.29, 1.82) is 0 Å². The Kier molecular flexibility index (Phi) is 6.56. The summed E-state index contributed by atoms with van der Waals surface area (Å²) in [4.78, 5) is 16.4. The van der Waals surface area contributed by atoms with Crippen molar-refractivity contribution in [3.05, 3.63) is 84.1 Å². The van der Waals surface area contributed by atoms with E-state index in [-0.39, 0.29) is 11.8 Å². The summed E-state index contributed by atoms with van der Waals surface area (Å²) < 4.78 is 46.9. The lowest BCUT2D eigenvalue weighted by molar-refractivity contribution is -0.154. The van der Waals surface area contributed by atoms with E-state index < -0.39 is 18.8 Å². The number of alkyl halides is 3. The predicted octanol–water partition coefficient (Wildman–Crippen LogP) is 5.31. The lowest BCUT2D eigenvalue weighted by Gasteiger charge is -2.15. The van der Waals surface area contributed by atoms with Crippen LogP contribution in [0.2, 0.25) is 0 Å². The molecule has 0 saturated heterocycles. The molecule has 30 heavy (non-hydrogen) atoms. The molecule has 5 nitrogen and oxygen atoms in total. The van der Waals surface area contributed by atoms with Crippen molar-refractivity contribution in [3.63, 3.8) is 0 Å². The Morgan fingerprint density at radius 2 is 1.77 bits per heavy atom. The molecule has 1 amide bonds. The number of nitrogens with zero attached hydrogens (tertiary/aromatic N) is 1. The first-order valence-corrected chi connectivity index (χ1v) is 9.09. The third-order valence-corrected chi connectivity index (χ3v) is 4.07. The van der Waals surface area contributed by atoms with Crippen LogP contribution in [0, 0.1) is 0 Å². The first kappa shape index (κ1) is 21.2. The number of amides is 1. The largest absolute Gasteiger partial charge is 0.468 e. The maximum atomic E-state index is 12.6. The topological polar surface area (TPSA) is 60.5 Å². The summed E-state index contributed by atoms with van der Waals surface area (Å²) in [7, 11) is 0. The van der Waals surface area contributed by atoms with Crippen LogP contribution in [0.1, 0.15) is 28.9 Å². The highest BCUT2D eigenvalue weighted by Gasteiger charge is 2.28. The van der Waals surface area contributed by atoms with Crippen LogP contribution in [0.4, 0.5) is 13.2 Å². The zero-order valence-electron chi connectivity index (χ0n) is 16.0. The second-order valence-corrected chi connectivity index (χ2v) is 6.47. The molecule has 0 bridgehead atoms. The number of benzene rings is 2. The molecule has 156 valence electrons. The Balaban J connectivity index is 1.60. The van der Waals surface area contributed by atoms with E-state index in [2.05, 4.69) is 15.0 Å². The number of carbonyl (C=O) groups excluding carboxylic acids is 1. The number of pyridine rings is 1. The second-order valence-electron chi connectivity index (χ2n) is 6.47. The van der Waals surface area contributed by atoms with Gasteiger partial charge in [0.15, 0.2) is 6.61 Å². The van der Waals surface area contributed by atoms with Crippen LogP contribution < -0.4 is 14.8 Å². The van der Waals surface area contributed by atoms with E-state index in [1.807, 2.05) is 30.3 Å². The quantitative estimate of drug-likeness (QED) is 0.567. The van der Waals surface area contributed by atoms with Crippen molar-refractivity contribution in [1.82, 2.24) is 10.3 Å². The van der Waals surface area contributed by atoms with Crippen molar-refractivity contribution in [3.8, 4) is 17.4 Å². The molecule has 0 unspecified atom stereocenters. The summed E-state index contributed by atoms with van der Waals surface area (Å²) in [5, 5.41) is 2.82.